The highest BCUT2D eigenvalue weighted by Crippen LogP contribution is 2.35. The number of hydrogen-bond acceptors (Lipinski definition) is 3. The van der Waals surface area contributed by atoms with E-state index in [4.69, 9.17) is 16.6 Å². The molecule has 0 aliphatic heterocycles. The molecular weight excluding hydrogens is 400 g/mol. The van der Waals surface area contributed by atoms with Crippen LogP contribution in [-0.2, 0) is 6.54 Å². The molecule has 0 spiro atoms. The number of carbonyl (C=O) groups is 1. The fourth-order valence-corrected chi connectivity index (χ4v) is 4.53. The van der Waals surface area contributed by atoms with Gasteiger partial charge in [-0.2, -0.15) is 0 Å². The van der Waals surface area contributed by atoms with E-state index in [0.29, 0.717) is 28.2 Å². The molecule has 0 aliphatic rings. The highest BCUT2D eigenvalue weighted by molar-refractivity contribution is 7.22. The van der Waals surface area contributed by atoms with Crippen molar-refractivity contribution in [3.05, 3.63) is 94.5 Å². The molecule has 0 radical (unpaired) electrons. The topological polar surface area (TPSA) is 33.2 Å². The largest absolute Gasteiger partial charge is 0.279 e. The number of rotatable bonds is 5. The summed E-state index contributed by atoms with van der Waals surface area (Å²) in [4.78, 5) is 20.1. The van der Waals surface area contributed by atoms with Gasteiger partial charge in [0.1, 0.15) is 0 Å². The lowest BCUT2D eigenvalue weighted by Crippen LogP contribution is -2.30. The lowest BCUT2D eigenvalue weighted by Gasteiger charge is -2.20. The Kier molecular flexibility index (Phi) is 5.65. The first kappa shape index (κ1) is 19.6. The third-order valence-electron chi connectivity index (χ3n) is 4.82. The zero-order chi connectivity index (χ0) is 20.4. The Morgan fingerprint density at radius 3 is 2.45 bits per heavy atom. The van der Waals surface area contributed by atoms with Crippen LogP contribution in [0, 0.1) is 0 Å². The molecule has 0 N–H and O–H groups in total. The lowest BCUT2D eigenvalue weighted by atomic mass is 10.0. The van der Waals surface area contributed by atoms with Gasteiger partial charge >= 0.3 is 0 Å². The summed E-state index contributed by atoms with van der Waals surface area (Å²) >= 11 is 7.87. The van der Waals surface area contributed by atoms with Gasteiger partial charge in [0.15, 0.2) is 5.13 Å². The van der Waals surface area contributed by atoms with E-state index in [1.807, 2.05) is 42.5 Å². The van der Waals surface area contributed by atoms with E-state index in [1.165, 1.54) is 16.9 Å². The molecule has 29 heavy (non-hydrogen) atoms. The molecule has 1 heterocycles. The average molecular weight is 421 g/mol. The predicted octanol–water partition coefficient (Wildman–Crippen LogP) is 6.92. The molecule has 0 saturated heterocycles. The van der Waals surface area contributed by atoms with Gasteiger partial charge in [0.25, 0.3) is 5.91 Å². The highest BCUT2D eigenvalue weighted by atomic mass is 35.5. The molecule has 4 aromatic rings. The van der Waals surface area contributed by atoms with E-state index >= 15 is 0 Å². The van der Waals surface area contributed by atoms with Gasteiger partial charge in [-0.05, 0) is 35.2 Å². The summed E-state index contributed by atoms with van der Waals surface area (Å²) in [5.41, 5.74) is 3.67. The van der Waals surface area contributed by atoms with Crippen molar-refractivity contribution >= 4 is 44.2 Å². The van der Waals surface area contributed by atoms with Crippen molar-refractivity contribution in [1.29, 1.82) is 0 Å². The van der Waals surface area contributed by atoms with Crippen LogP contribution in [0.3, 0.4) is 0 Å². The molecule has 0 saturated carbocycles. The van der Waals surface area contributed by atoms with E-state index in [2.05, 4.69) is 32.0 Å². The Morgan fingerprint density at radius 1 is 1.00 bits per heavy atom. The van der Waals surface area contributed by atoms with Crippen molar-refractivity contribution in [1.82, 2.24) is 4.98 Å². The van der Waals surface area contributed by atoms with Crippen LogP contribution in [0.2, 0.25) is 5.02 Å². The minimum absolute atomic E-state index is 0.149. The van der Waals surface area contributed by atoms with Gasteiger partial charge in [-0.3, -0.25) is 9.69 Å². The van der Waals surface area contributed by atoms with Crippen LogP contribution in [0.15, 0.2) is 72.8 Å². The number of hydrogen-bond donors (Lipinski definition) is 0. The SMILES string of the molecule is CC(C)c1cccc2sc(N(Cc3ccccc3)C(=O)c3ccccc3Cl)nc12. The summed E-state index contributed by atoms with van der Waals surface area (Å²) in [6.45, 7) is 4.75. The van der Waals surface area contributed by atoms with Crippen LogP contribution in [0.1, 0.15) is 41.3 Å². The maximum atomic E-state index is 13.5. The van der Waals surface area contributed by atoms with Gasteiger partial charge in [0.2, 0.25) is 0 Å². The summed E-state index contributed by atoms with van der Waals surface area (Å²) in [5, 5.41) is 1.13. The normalized spacial score (nSPS) is 11.2. The molecule has 0 aliphatic carbocycles. The van der Waals surface area contributed by atoms with E-state index < -0.39 is 0 Å². The van der Waals surface area contributed by atoms with Crippen molar-refractivity contribution in [2.75, 3.05) is 4.90 Å². The van der Waals surface area contributed by atoms with Gasteiger partial charge in [-0.15, -0.1) is 0 Å². The number of amides is 1. The van der Waals surface area contributed by atoms with Crippen LogP contribution in [-0.4, -0.2) is 10.9 Å². The number of nitrogens with zero attached hydrogens (tertiary/aromatic N) is 2. The van der Waals surface area contributed by atoms with Gasteiger partial charge < -0.3 is 0 Å². The minimum Gasteiger partial charge on any atom is -0.279 e. The molecule has 3 aromatic carbocycles. The van der Waals surface area contributed by atoms with E-state index in [1.54, 1.807) is 17.0 Å². The molecule has 0 atom stereocenters. The number of benzene rings is 3. The molecule has 3 nitrogen and oxygen atoms in total. The zero-order valence-electron chi connectivity index (χ0n) is 16.3. The number of halogens is 1. The number of fused-ring (bicyclic) bond motifs is 1. The van der Waals surface area contributed by atoms with Gasteiger partial charge in [0, 0.05) is 0 Å². The predicted molar refractivity (Wildman–Crippen MR) is 122 cm³/mol. The fraction of sp³-hybridized carbons (Fsp3) is 0.167. The third-order valence-corrected chi connectivity index (χ3v) is 6.20. The molecule has 0 unspecified atom stereocenters. The van der Waals surface area contributed by atoms with E-state index in [9.17, 15) is 4.79 Å². The number of anilines is 1. The second kappa shape index (κ2) is 8.36. The average Bonchev–Trinajstić information content (AvgIpc) is 3.16. The summed E-state index contributed by atoms with van der Waals surface area (Å²) < 4.78 is 1.08. The van der Waals surface area contributed by atoms with Crippen LogP contribution in [0.25, 0.3) is 10.2 Å². The maximum Gasteiger partial charge on any atom is 0.261 e. The molecule has 0 bridgehead atoms. The van der Waals surface area contributed by atoms with Gasteiger partial charge in [0.05, 0.1) is 27.3 Å². The summed E-state index contributed by atoms with van der Waals surface area (Å²) in [7, 11) is 0. The maximum absolute atomic E-state index is 13.5. The highest BCUT2D eigenvalue weighted by Gasteiger charge is 2.24. The van der Waals surface area contributed by atoms with Crippen molar-refractivity contribution in [3.8, 4) is 0 Å². The number of para-hydroxylation sites is 1. The summed E-state index contributed by atoms with van der Waals surface area (Å²) in [6, 6.07) is 23.3. The molecule has 146 valence electrons. The smallest absolute Gasteiger partial charge is 0.261 e. The molecule has 5 heteroatoms. The summed E-state index contributed by atoms with van der Waals surface area (Å²) in [5.74, 6) is 0.208. The Morgan fingerprint density at radius 2 is 1.72 bits per heavy atom. The third kappa shape index (κ3) is 4.04. The zero-order valence-corrected chi connectivity index (χ0v) is 17.9. The monoisotopic (exact) mass is 420 g/mol. The van der Waals surface area contributed by atoms with E-state index in [-0.39, 0.29) is 5.91 Å². The molecule has 0 fully saturated rings. The van der Waals surface area contributed by atoms with Crippen molar-refractivity contribution in [2.45, 2.75) is 26.3 Å². The van der Waals surface area contributed by atoms with Crippen LogP contribution in [0.4, 0.5) is 5.13 Å². The van der Waals surface area contributed by atoms with Crippen molar-refractivity contribution < 1.29 is 4.79 Å². The van der Waals surface area contributed by atoms with E-state index in [0.717, 1.165) is 15.8 Å². The van der Waals surface area contributed by atoms with Crippen molar-refractivity contribution in [3.63, 3.8) is 0 Å². The van der Waals surface area contributed by atoms with Gasteiger partial charge in [-0.25, -0.2) is 4.98 Å². The molecule has 1 amide bonds. The van der Waals surface area contributed by atoms with Crippen LogP contribution >= 0.6 is 22.9 Å². The second-order valence-corrected chi connectivity index (χ2v) is 8.62. The summed E-state index contributed by atoms with van der Waals surface area (Å²) in [6.07, 6.45) is 0. The second-order valence-electron chi connectivity index (χ2n) is 7.20. The Bertz CT molecular complexity index is 1150. The molecule has 4 rings (SSSR count). The standard InChI is InChI=1S/C24H21ClN2OS/c1-16(2)18-12-8-14-21-22(18)26-24(29-21)27(15-17-9-4-3-5-10-17)23(28)19-11-6-7-13-20(19)25/h3-14,16H,15H2,1-2H3. The number of thiazole rings is 1. The van der Waals surface area contributed by atoms with Crippen LogP contribution in [0.5, 0.6) is 0 Å². The fourth-order valence-electron chi connectivity index (χ4n) is 3.31. The lowest BCUT2D eigenvalue weighted by molar-refractivity contribution is 0.0985. The first-order valence-electron chi connectivity index (χ1n) is 9.54. The minimum atomic E-state index is -0.149. The Balaban J connectivity index is 1.82. The van der Waals surface area contributed by atoms with Gasteiger partial charge in [-0.1, -0.05) is 91.4 Å². The van der Waals surface area contributed by atoms with Crippen molar-refractivity contribution in [2.24, 2.45) is 0 Å². The first-order chi connectivity index (χ1) is 14.0. The number of aromatic nitrogens is 1. The Hall–Kier alpha value is -2.69. The van der Waals surface area contributed by atoms with Crippen LogP contribution < -0.4 is 4.90 Å². The number of carbonyl (C=O) groups excluding carboxylic acids is 1. The quantitative estimate of drug-likeness (QED) is 0.351. The first-order valence-corrected chi connectivity index (χ1v) is 10.7. The molecular formula is C24H21ClN2OS. The Labute approximate surface area is 179 Å². The molecule has 1 aromatic heterocycles.